The van der Waals surface area contributed by atoms with Crippen molar-refractivity contribution in [1.82, 2.24) is 10.2 Å². The molecule has 1 fully saturated rings. The van der Waals surface area contributed by atoms with Crippen LogP contribution in [0.1, 0.15) is 37.8 Å². The SMILES string of the molecule is CC(C)[C@@H](CN1CCCC1)NC(=S)Nc1cc(C(F)(F)F)cc(C(F)(F)F)c1. The summed E-state index contributed by atoms with van der Waals surface area (Å²) in [6.07, 6.45) is -7.58. The third-order valence-corrected chi connectivity index (χ3v) is 4.84. The van der Waals surface area contributed by atoms with Gasteiger partial charge in [0, 0.05) is 18.3 Å². The van der Waals surface area contributed by atoms with Gasteiger partial charge < -0.3 is 15.5 Å². The molecule has 0 aliphatic carbocycles. The number of hydrogen-bond donors (Lipinski definition) is 2. The fraction of sp³-hybridized carbons (Fsp3) is 0.611. The maximum Gasteiger partial charge on any atom is 0.416 e. The monoisotopic (exact) mass is 427 g/mol. The van der Waals surface area contributed by atoms with Gasteiger partial charge in [0.05, 0.1) is 11.1 Å². The Morgan fingerprint density at radius 3 is 1.93 bits per heavy atom. The lowest BCUT2D eigenvalue weighted by Gasteiger charge is -2.28. The number of alkyl halides is 6. The molecular formula is C18H23F6N3S. The molecule has 1 aromatic carbocycles. The lowest BCUT2D eigenvalue weighted by molar-refractivity contribution is -0.143. The van der Waals surface area contributed by atoms with Crippen LogP contribution in [0.3, 0.4) is 0 Å². The number of thiocarbonyl (C=S) groups is 1. The minimum atomic E-state index is -4.90. The van der Waals surface area contributed by atoms with Gasteiger partial charge in [-0.3, -0.25) is 0 Å². The topological polar surface area (TPSA) is 27.3 Å². The lowest BCUT2D eigenvalue weighted by atomic mass is 10.0. The minimum absolute atomic E-state index is 0.00894. The summed E-state index contributed by atoms with van der Waals surface area (Å²) >= 11 is 5.14. The first-order valence-electron chi connectivity index (χ1n) is 8.95. The largest absolute Gasteiger partial charge is 0.416 e. The van der Waals surface area contributed by atoms with Gasteiger partial charge in [0.15, 0.2) is 5.11 Å². The second-order valence-corrected chi connectivity index (χ2v) is 7.66. The van der Waals surface area contributed by atoms with Crippen molar-refractivity contribution in [1.29, 1.82) is 0 Å². The van der Waals surface area contributed by atoms with Crippen LogP contribution in [-0.2, 0) is 12.4 Å². The van der Waals surface area contributed by atoms with Crippen molar-refractivity contribution in [3.8, 4) is 0 Å². The predicted molar refractivity (Wildman–Crippen MR) is 100 cm³/mol. The van der Waals surface area contributed by atoms with Crippen LogP contribution in [0.15, 0.2) is 18.2 Å². The average molecular weight is 427 g/mol. The summed E-state index contributed by atoms with van der Waals surface area (Å²) in [5, 5.41) is 5.49. The zero-order chi connectivity index (χ0) is 21.1. The van der Waals surface area contributed by atoms with Gasteiger partial charge in [-0.15, -0.1) is 0 Å². The molecule has 2 rings (SSSR count). The number of nitrogens with one attached hydrogen (secondary N) is 2. The molecule has 158 valence electrons. The molecule has 0 unspecified atom stereocenters. The summed E-state index contributed by atoms with van der Waals surface area (Å²) in [4.78, 5) is 2.26. The standard InChI is InChI=1S/C18H23F6N3S/c1-11(2)15(10-27-5-3-4-6-27)26-16(28)25-14-8-12(17(19,20)21)7-13(9-14)18(22,23)24/h7-9,11,15H,3-6,10H2,1-2H3,(H2,25,26,28)/t15-/m1/s1. The molecule has 1 saturated heterocycles. The van der Waals surface area contributed by atoms with E-state index < -0.39 is 23.5 Å². The number of rotatable bonds is 5. The summed E-state index contributed by atoms with van der Waals surface area (Å²) in [5.74, 6) is 0.174. The molecule has 0 saturated carbocycles. The summed E-state index contributed by atoms with van der Waals surface area (Å²) in [6.45, 7) is 6.59. The maximum atomic E-state index is 13.0. The second kappa shape index (κ2) is 8.86. The zero-order valence-corrected chi connectivity index (χ0v) is 16.4. The third kappa shape index (κ3) is 6.51. The smallest absolute Gasteiger partial charge is 0.358 e. The van der Waals surface area contributed by atoms with E-state index in [9.17, 15) is 26.3 Å². The lowest BCUT2D eigenvalue weighted by Crippen LogP contribution is -2.47. The van der Waals surface area contributed by atoms with E-state index in [0.29, 0.717) is 18.7 Å². The van der Waals surface area contributed by atoms with E-state index in [1.807, 2.05) is 13.8 Å². The van der Waals surface area contributed by atoms with Crippen molar-refractivity contribution in [2.45, 2.75) is 45.1 Å². The van der Waals surface area contributed by atoms with Crippen LogP contribution in [0.5, 0.6) is 0 Å². The van der Waals surface area contributed by atoms with E-state index in [1.165, 1.54) is 0 Å². The Bertz CT molecular complexity index is 649. The van der Waals surface area contributed by atoms with Crippen LogP contribution < -0.4 is 10.6 Å². The van der Waals surface area contributed by atoms with Crippen LogP contribution in [0.4, 0.5) is 32.0 Å². The molecule has 3 nitrogen and oxygen atoms in total. The quantitative estimate of drug-likeness (QED) is 0.503. The van der Waals surface area contributed by atoms with E-state index in [2.05, 4.69) is 15.5 Å². The maximum absolute atomic E-state index is 13.0. The molecule has 1 aromatic rings. The van der Waals surface area contributed by atoms with Gasteiger partial charge in [-0.1, -0.05) is 13.8 Å². The molecule has 1 aliphatic heterocycles. The Morgan fingerprint density at radius 1 is 1.00 bits per heavy atom. The van der Waals surface area contributed by atoms with Crippen LogP contribution in [0, 0.1) is 5.92 Å². The fourth-order valence-corrected chi connectivity index (χ4v) is 3.30. The molecule has 0 bridgehead atoms. The Balaban J connectivity index is 2.14. The first-order chi connectivity index (χ1) is 12.9. The van der Waals surface area contributed by atoms with Crippen molar-refractivity contribution in [3.05, 3.63) is 29.3 Å². The van der Waals surface area contributed by atoms with Crippen LogP contribution in [0.2, 0.25) is 0 Å². The van der Waals surface area contributed by atoms with Gasteiger partial charge in [0.2, 0.25) is 0 Å². The molecule has 10 heteroatoms. The van der Waals surface area contributed by atoms with E-state index in [4.69, 9.17) is 12.2 Å². The molecule has 2 N–H and O–H groups in total. The third-order valence-electron chi connectivity index (χ3n) is 4.62. The number of hydrogen-bond acceptors (Lipinski definition) is 2. The predicted octanol–water partition coefficient (Wildman–Crippen LogP) is 5.13. The first kappa shape index (κ1) is 22.7. The number of nitrogens with zero attached hydrogens (tertiary/aromatic N) is 1. The van der Waals surface area contributed by atoms with Crippen molar-refractivity contribution < 1.29 is 26.3 Å². The van der Waals surface area contributed by atoms with Crippen LogP contribution in [0.25, 0.3) is 0 Å². The normalized spacial score (nSPS) is 17.0. The van der Waals surface area contributed by atoms with E-state index in [0.717, 1.165) is 25.9 Å². The van der Waals surface area contributed by atoms with Gasteiger partial charge in [0.1, 0.15) is 0 Å². The summed E-state index contributed by atoms with van der Waals surface area (Å²) in [7, 11) is 0. The van der Waals surface area contributed by atoms with Gasteiger partial charge >= 0.3 is 12.4 Å². The van der Waals surface area contributed by atoms with E-state index in [-0.39, 0.29) is 28.8 Å². The molecule has 0 radical (unpaired) electrons. The first-order valence-corrected chi connectivity index (χ1v) is 9.36. The Labute approximate surface area is 165 Å². The van der Waals surface area contributed by atoms with Crippen molar-refractivity contribution in [2.24, 2.45) is 5.92 Å². The van der Waals surface area contributed by atoms with E-state index >= 15 is 0 Å². The average Bonchev–Trinajstić information content (AvgIpc) is 3.05. The van der Waals surface area contributed by atoms with Crippen molar-refractivity contribution in [2.75, 3.05) is 25.0 Å². The molecule has 28 heavy (non-hydrogen) atoms. The zero-order valence-electron chi connectivity index (χ0n) is 15.5. The number of benzene rings is 1. The molecule has 1 atom stereocenters. The molecule has 0 aromatic heterocycles. The highest BCUT2D eigenvalue weighted by Crippen LogP contribution is 2.37. The number of halogens is 6. The molecule has 0 spiro atoms. The summed E-state index contributed by atoms with van der Waals surface area (Å²) in [6, 6.07) is 1.25. The van der Waals surface area contributed by atoms with Gasteiger partial charge in [-0.05, 0) is 62.3 Å². The molecular weight excluding hydrogens is 404 g/mol. The highest BCUT2D eigenvalue weighted by molar-refractivity contribution is 7.80. The highest BCUT2D eigenvalue weighted by atomic mass is 32.1. The Hall–Kier alpha value is -1.55. The van der Waals surface area contributed by atoms with E-state index in [1.54, 1.807) is 0 Å². The van der Waals surface area contributed by atoms with Crippen LogP contribution >= 0.6 is 12.2 Å². The minimum Gasteiger partial charge on any atom is -0.358 e. The number of likely N-dealkylation sites (tertiary alicyclic amines) is 1. The molecule has 1 aliphatic rings. The Morgan fingerprint density at radius 2 is 1.50 bits per heavy atom. The second-order valence-electron chi connectivity index (χ2n) is 7.25. The van der Waals surface area contributed by atoms with Crippen molar-refractivity contribution in [3.63, 3.8) is 0 Å². The fourth-order valence-electron chi connectivity index (χ4n) is 3.03. The van der Waals surface area contributed by atoms with Crippen molar-refractivity contribution >= 4 is 23.0 Å². The van der Waals surface area contributed by atoms with Crippen LogP contribution in [-0.4, -0.2) is 35.7 Å². The molecule has 1 heterocycles. The van der Waals surface area contributed by atoms with Gasteiger partial charge in [0.25, 0.3) is 0 Å². The number of anilines is 1. The van der Waals surface area contributed by atoms with Gasteiger partial charge in [-0.25, -0.2) is 0 Å². The summed E-state index contributed by atoms with van der Waals surface area (Å²) < 4.78 is 77.8. The summed E-state index contributed by atoms with van der Waals surface area (Å²) in [5.41, 5.74) is -3.13. The Kier molecular flexibility index (Phi) is 7.19. The highest BCUT2D eigenvalue weighted by Gasteiger charge is 2.37. The molecule has 0 amide bonds. The van der Waals surface area contributed by atoms with Gasteiger partial charge in [-0.2, -0.15) is 26.3 Å².